The van der Waals surface area contributed by atoms with Crippen LogP contribution in [0.25, 0.3) is 68.6 Å². The van der Waals surface area contributed by atoms with Crippen molar-refractivity contribution in [1.82, 2.24) is 19.9 Å². The molecule has 0 aliphatic rings. The fourth-order valence-corrected chi connectivity index (χ4v) is 23.0. The highest BCUT2D eigenvalue weighted by molar-refractivity contribution is 7.34. The minimum atomic E-state index is 0.537. The van der Waals surface area contributed by atoms with Crippen LogP contribution in [0.4, 0.5) is 0 Å². The highest BCUT2D eigenvalue weighted by atomic mass is 32.1. The van der Waals surface area contributed by atoms with Gasteiger partial charge in [-0.2, -0.15) is 0 Å². The zero-order valence-electron chi connectivity index (χ0n) is 61.6. The monoisotopic (exact) mass is 1450 g/mol. The summed E-state index contributed by atoms with van der Waals surface area (Å²) in [5.41, 5.74) is 2.97. The Morgan fingerprint density at radius 2 is 0.562 bits per heavy atom. The number of aromatic nitrogens is 4. The first-order valence-corrected chi connectivity index (χ1v) is 45.9. The molecular formula is C82H126N4O2S8. The normalized spacial score (nSPS) is 13.3. The number of hydrogen-bond acceptors (Lipinski definition) is 14. The molecule has 14 heteroatoms. The van der Waals surface area contributed by atoms with E-state index in [1.807, 2.05) is 68.0 Å². The highest BCUT2D eigenvalue weighted by Crippen LogP contribution is 2.52. The summed E-state index contributed by atoms with van der Waals surface area (Å²) in [7, 11) is 0. The van der Waals surface area contributed by atoms with Gasteiger partial charge in [0.2, 0.25) is 0 Å². The van der Waals surface area contributed by atoms with Crippen molar-refractivity contribution in [2.45, 2.75) is 339 Å². The van der Waals surface area contributed by atoms with Crippen LogP contribution in [0.1, 0.15) is 333 Å². The maximum absolute atomic E-state index is 7.30. The molecule has 0 spiro atoms. The van der Waals surface area contributed by atoms with Crippen LogP contribution in [0.5, 0.6) is 11.5 Å². The summed E-state index contributed by atoms with van der Waals surface area (Å²) in [6, 6.07) is 9.73. The standard InChI is InChI=1S/C82H126N4O2S8/c1-11-19-27-33-35-41-49-63(47-39-31-23-15-5)57-87-67-52-60(10)90-73(67)77-85-81-82(95-77)86-78(96-81)74-68(88-58-64(48-40-32-24-16-6)50-42-36-34-28-20-12-2)56-70(92-74)69-55-66(54-62(44-26-18-8)46-38-30-22-14-4)72(91-69)76-84-80-79(94-76)83-75(93-80)71-65(51-59(9)89-71)53-61(43-25-17-7)45-37-29-21-13-3/h51-52,55-56,61-64H,11-50,53-54,57-58H2,1-10H3. The van der Waals surface area contributed by atoms with Crippen LogP contribution in [-0.4, -0.2) is 33.1 Å². The van der Waals surface area contributed by atoms with Crippen molar-refractivity contribution >= 4 is 110 Å². The molecule has 0 aliphatic heterocycles. The Labute approximate surface area is 615 Å². The third-order valence-corrected chi connectivity index (χ3v) is 29.2. The first kappa shape index (κ1) is 79.1. The largest absolute Gasteiger partial charge is 0.492 e. The van der Waals surface area contributed by atoms with Gasteiger partial charge in [0.05, 0.1) is 23.0 Å². The summed E-state index contributed by atoms with van der Waals surface area (Å²) in [6.45, 7) is 24.7. The fraction of sp³-hybridized carbons (Fsp3) is 0.707. The minimum Gasteiger partial charge on any atom is -0.492 e. The lowest BCUT2D eigenvalue weighted by Crippen LogP contribution is -2.12. The molecule has 534 valence electrons. The Kier molecular flexibility index (Phi) is 36.9. The number of thiazole rings is 4. The molecule has 0 saturated carbocycles. The molecule has 0 aromatic carbocycles. The summed E-state index contributed by atoms with van der Waals surface area (Å²) in [4.78, 5) is 36.6. The topological polar surface area (TPSA) is 70.0 Å². The summed E-state index contributed by atoms with van der Waals surface area (Å²) in [5, 5.41) is 4.35. The van der Waals surface area contributed by atoms with Crippen molar-refractivity contribution in [2.75, 3.05) is 13.2 Å². The molecule has 8 rings (SSSR count). The van der Waals surface area contributed by atoms with Crippen LogP contribution in [0, 0.1) is 37.5 Å². The van der Waals surface area contributed by atoms with E-state index in [1.165, 1.54) is 297 Å². The van der Waals surface area contributed by atoms with Crippen LogP contribution in [0.2, 0.25) is 0 Å². The summed E-state index contributed by atoms with van der Waals surface area (Å²) >= 11 is 14.7. The lowest BCUT2D eigenvalue weighted by Gasteiger charge is -2.18. The van der Waals surface area contributed by atoms with Crippen molar-refractivity contribution < 1.29 is 9.47 Å². The van der Waals surface area contributed by atoms with Gasteiger partial charge in [0, 0.05) is 25.6 Å². The minimum absolute atomic E-state index is 0.537. The van der Waals surface area contributed by atoms with Crippen LogP contribution in [0.3, 0.4) is 0 Å². The van der Waals surface area contributed by atoms with E-state index in [2.05, 4.69) is 93.5 Å². The lowest BCUT2D eigenvalue weighted by atomic mass is 9.89. The van der Waals surface area contributed by atoms with Gasteiger partial charge in [0.1, 0.15) is 41.3 Å². The molecule has 0 amide bonds. The fourth-order valence-electron chi connectivity index (χ4n) is 14.2. The van der Waals surface area contributed by atoms with Crippen molar-refractivity contribution in [3.05, 3.63) is 45.1 Å². The van der Waals surface area contributed by atoms with Gasteiger partial charge in [-0.25, -0.2) is 19.9 Å². The van der Waals surface area contributed by atoms with Crippen molar-refractivity contribution in [3.63, 3.8) is 0 Å². The van der Waals surface area contributed by atoms with Gasteiger partial charge in [-0.05, 0) is 105 Å². The van der Waals surface area contributed by atoms with E-state index in [0.29, 0.717) is 17.8 Å². The van der Waals surface area contributed by atoms with Gasteiger partial charge in [-0.15, -0.1) is 45.3 Å². The van der Waals surface area contributed by atoms with E-state index in [-0.39, 0.29) is 0 Å². The predicted octanol–water partition coefficient (Wildman–Crippen LogP) is 31.1. The van der Waals surface area contributed by atoms with Gasteiger partial charge >= 0.3 is 0 Å². The third-order valence-electron chi connectivity index (χ3n) is 19.9. The molecule has 0 bridgehead atoms. The Hall–Kier alpha value is -2.56. The van der Waals surface area contributed by atoms with E-state index in [4.69, 9.17) is 29.4 Å². The van der Waals surface area contributed by atoms with Crippen LogP contribution >= 0.6 is 90.7 Å². The number of ether oxygens (including phenoxy) is 2. The second-order valence-electron chi connectivity index (χ2n) is 28.6. The Morgan fingerprint density at radius 1 is 0.281 bits per heavy atom. The number of nitrogens with zero attached hydrogens (tertiary/aromatic N) is 4. The number of unbranched alkanes of at least 4 members (excludes halogenated alkanes) is 24. The SMILES string of the molecule is CCCCCCCCC(CCCCCC)COc1cc(C)sc1-c1nc2sc(-c3sc(-c4cc(CC(CCCC)CCCCCC)c(-c5nc6sc(-c7sc(C)cc7CC(CCCC)CCCCCC)nc6s5)s4)cc3OCC(CCCCCC)CCCCCCCC)nc2s1. The molecule has 0 saturated heterocycles. The van der Waals surface area contributed by atoms with E-state index in [0.717, 1.165) is 92.6 Å². The van der Waals surface area contributed by atoms with Gasteiger partial charge in [-0.1, -0.05) is 332 Å². The lowest BCUT2D eigenvalue weighted by molar-refractivity contribution is 0.225. The zero-order valence-corrected chi connectivity index (χ0v) is 68.1. The van der Waals surface area contributed by atoms with E-state index >= 15 is 0 Å². The maximum atomic E-state index is 7.30. The van der Waals surface area contributed by atoms with Gasteiger partial charge < -0.3 is 9.47 Å². The van der Waals surface area contributed by atoms with Gasteiger partial charge in [0.25, 0.3) is 0 Å². The van der Waals surface area contributed by atoms with Crippen LogP contribution in [0.15, 0.2) is 24.3 Å². The first-order valence-electron chi connectivity index (χ1n) is 39.4. The average Bonchev–Trinajstić information content (AvgIpc) is 1.62. The quantitative estimate of drug-likeness (QED) is 0.0354. The number of aryl methyl sites for hydroxylation is 2. The maximum Gasteiger partial charge on any atom is 0.155 e. The summed E-state index contributed by atoms with van der Waals surface area (Å²) in [5.74, 6) is 4.50. The zero-order chi connectivity index (χ0) is 67.7. The molecule has 96 heavy (non-hydrogen) atoms. The van der Waals surface area contributed by atoms with E-state index < -0.39 is 0 Å². The van der Waals surface area contributed by atoms with Crippen molar-refractivity contribution in [3.8, 4) is 60.8 Å². The van der Waals surface area contributed by atoms with Crippen molar-refractivity contribution in [1.29, 1.82) is 0 Å². The third kappa shape index (κ3) is 25.4. The highest BCUT2D eigenvalue weighted by Gasteiger charge is 2.28. The summed E-state index contributed by atoms with van der Waals surface area (Å²) < 4.78 is 14.2. The molecule has 8 aromatic rings. The van der Waals surface area contributed by atoms with Crippen LogP contribution < -0.4 is 9.47 Å². The number of rotatable bonds is 55. The molecule has 0 aliphatic carbocycles. The van der Waals surface area contributed by atoms with E-state index in [1.54, 1.807) is 22.7 Å². The Morgan fingerprint density at radius 3 is 0.979 bits per heavy atom. The molecule has 0 radical (unpaired) electrons. The van der Waals surface area contributed by atoms with Gasteiger partial charge in [0.15, 0.2) is 19.3 Å². The molecule has 0 fully saturated rings. The second kappa shape index (κ2) is 44.7. The van der Waals surface area contributed by atoms with Crippen molar-refractivity contribution in [2.24, 2.45) is 23.7 Å². The number of fused-ring (bicyclic) bond motifs is 2. The predicted molar refractivity (Wildman–Crippen MR) is 435 cm³/mol. The number of hydrogen-bond donors (Lipinski definition) is 0. The summed E-state index contributed by atoms with van der Waals surface area (Å²) in [6.07, 6.45) is 54.6. The molecule has 8 heterocycles. The molecule has 4 atom stereocenters. The molecule has 8 aromatic heterocycles. The van der Waals surface area contributed by atoms with E-state index in [9.17, 15) is 0 Å². The molecule has 4 unspecified atom stereocenters. The molecular weight excluding hydrogens is 1330 g/mol. The average molecular weight is 1460 g/mol. The number of thiophene rings is 4. The molecule has 6 nitrogen and oxygen atoms in total. The molecule has 0 N–H and O–H groups in total. The van der Waals surface area contributed by atoms with Gasteiger partial charge in [-0.3, -0.25) is 0 Å². The van der Waals surface area contributed by atoms with Crippen LogP contribution in [-0.2, 0) is 12.8 Å². The first-order chi connectivity index (χ1) is 47.1. The Balaban J connectivity index is 1.13. The second-order valence-corrected chi connectivity index (χ2v) is 37.1. The Bertz CT molecular complexity index is 3300. The smallest absolute Gasteiger partial charge is 0.155 e.